The third-order valence-corrected chi connectivity index (χ3v) is 6.47. The molecule has 0 aliphatic rings. The Morgan fingerprint density at radius 2 is 1.75 bits per heavy atom. The molecule has 36 heavy (non-hydrogen) atoms. The number of nitrogens with one attached hydrogen (secondary N) is 2. The average molecular weight is 499 g/mol. The van der Waals surface area contributed by atoms with Crippen LogP contribution in [0.5, 0.6) is 5.75 Å². The van der Waals surface area contributed by atoms with E-state index in [1.54, 1.807) is 31.4 Å². The van der Waals surface area contributed by atoms with E-state index in [2.05, 4.69) is 15.6 Å². The van der Waals surface area contributed by atoms with Gasteiger partial charge in [0.2, 0.25) is 0 Å². The molecule has 7 nitrogen and oxygen atoms in total. The van der Waals surface area contributed by atoms with E-state index >= 15 is 0 Å². The van der Waals surface area contributed by atoms with Crippen LogP contribution in [-0.2, 0) is 7.05 Å². The molecule has 0 spiro atoms. The van der Waals surface area contributed by atoms with Crippen molar-refractivity contribution < 1.29 is 9.53 Å². The minimum atomic E-state index is -0.595. The smallest absolute Gasteiger partial charge is 0.323 e. The summed E-state index contributed by atoms with van der Waals surface area (Å²) >= 11 is 6.57. The molecule has 180 valence electrons. The number of benzene rings is 3. The van der Waals surface area contributed by atoms with Crippen molar-refractivity contribution in [2.24, 2.45) is 7.05 Å². The average Bonchev–Trinajstić information content (AvgIpc) is 2.88. The minimum absolute atomic E-state index is 0.124. The first kappa shape index (κ1) is 23.4. The Labute approximate surface area is 212 Å². The van der Waals surface area contributed by atoms with Crippen molar-refractivity contribution in [2.75, 3.05) is 17.7 Å². The molecule has 2 amide bonds. The molecule has 8 heteroatoms. The summed E-state index contributed by atoms with van der Waals surface area (Å²) in [5.41, 5.74) is 3.86. The zero-order valence-electron chi connectivity index (χ0n) is 19.9. The number of hydrogen-bond donors (Lipinski definition) is 2. The summed E-state index contributed by atoms with van der Waals surface area (Å²) in [5.74, 6) is 0.471. The highest BCUT2D eigenvalue weighted by Gasteiger charge is 2.21. The number of methoxy groups -OCH3 is 1. The molecule has 0 atom stereocenters. The maximum Gasteiger partial charge on any atom is 0.323 e. The number of aromatic nitrogens is 2. The Bertz CT molecular complexity index is 1710. The zero-order chi connectivity index (χ0) is 25.4. The molecule has 5 aromatic rings. The number of carbonyl (C=O) groups is 1. The number of aryl methyl sites for hydroxylation is 2. The predicted molar refractivity (Wildman–Crippen MR) is 145 cm³/mol. The molecule has 0 radical (unpaired) electrons. The SMILES string of the molecule is COc1ccc2ncccc2c1NC(=O)Nc1c(-c2ccccc2Cl)c2cc(C)ccc2n(C)c1=O. The quantitative estimate of drug-likeness (QED) is 0.301. The number of anilines is 2. The lowest BCUT2D eigenvalue weighted by Crippen LogP contribution is -2.28. The van der Waals surface area contributed by atoms with Crippen LogP contribution in [0.4, 0.5) is 16.2 Å². The lowest BCUT2D eigenvalue weighted by atomic mass is 9.97. The van der Waals surface area contributed by atoms with Gasteiger partial charge in [-0.25, -0.2) is 4.79 Å². The van der Waals surface area contributed by atoms with Gasteiger partial charge in [0, 0.05) is 40.2 Å². The van der Waals surface area contributed by atoms with E-state index in [1.165, 1.54) is 11.7 Å². The number of halogens is 1. The number of amides is 2. The molecule has 0 bridgehead atoms. The van der Waals surface area contributed by atoms with Crippen LogP contribution < -0.4 is 20.9 Å². The number of hydrogen-bond acceptors (Lipinski definition) is 4. The fraction of sp³-hybridized carbons (Fsp3) is 0.107. The normalized spacial score (nSPS) is 11.0. The minimum Gasteiger partial charge on any atom is -0.495 e. The highest BCUT2D eigenvalue weighted by atomic mass is 35.5. The Kier molecular flexibility index (Phi) is 6.08. The molecular weight excluding hydrogens is 476 g/mol. The van der Waals surface area contributed by atoms with Gasteiger partial charge in [0.15, 0.2) is 0 Å². The third-order valence-electron chi connectivity index (χ3n) is 6.14. The van der Waals surface area contributed by atoms with E-state index in [1.807, 2.05) is 55.5 Å². The predicted octanol–water partition coefficient (Wildman–Crippen LogP) is 6.37. The highest BCUT2D eigenvalue weighted by molar-refractivity contribution is 6.34. The summed E-state index contributed by atoms with van der Waals surface area (Å²) in [6, 6.07) is 19.6. The molecule has 0 saturated carbocycles. The van der Waals surface area contributed by atoms with E-state index in [4.69, 9.17) is 16.3 Å². The largest absolute Gasteiger partial charge is 0.495 e. The Balaban J connectivity index is 1.67. The molecule has 0 fully saturated rings. The van der Waals surface area contributed by atoms with Gasteiger partial charge in [-0.2, -0.15) is 0 Å². The van der Waals surface area contributed by atoms with Crippen LogP contribution in [0.1, 0.15) is 5.56 Å². The second-order valence-electron chi connectivity index (χ2n) is 8.41. The second-order valence-corrected chi connectivity index (χ2v) is 8.81. The van der Waals surface area contributed by atoms with Crippen LogP contribution in [-0.4, -0.2) is 22.7 Å². The number of fused-ring (bicyclic) bond motifs is 2. The first-order chi connectivity index (χ1) is 17.4. The van der Waals surface area contributed by atoms with Gasteiger partial charge in [-0.3, -0.25) is 9.78 Å². The van der Waals surface area contributed by atoms with Crippen LogP contribution in [0, 0.1) is 6.92 Å². The maximum atomic E-state index is 13.5. The molecule has 0 saturated heterocycles. The molecule has 0 aliphatic heterocycles. The van der Waals surface area contributed by atoms with E-state index in [9.17, 15) is 9.59 Å². The van der Waals surface area contributed by atoms with E-state index in [-0.39, 0.29) is 11.2 Å². The Morgan fingerprint density at radius 1 is 0.972 bits per heavy atom. The topological polar surface area (TPSA) is 85.2 Å². The van der Waals surface area contributed by atoms with Gasteiger partial charge in [-0.15, -0.1) is 0 Å². The highest BCUT2D eigenvalue weighted by Crippen LogP contribution is 2.38. The van der Waals surface area contributed by atoms with Crippen LogP contribution in [0.2, 0.25) is 5.02 Å². The van der Waals surface area contributed by atoms with Crippen molar-refractivity contribution >= 4 is 50.8 Å². The van der Waals surface area contributed by atoms with Gasteiger partial charge in [0.1, 0.15) is 11.4 Å². The zero-order valence-corrected chi connectivity index (χ0v) is 20.7. The summed E-state index contributed by atoms with van der Waals surface area (Å²) in [5, 5.41) is 7.64. The van der Waals surface area contributed by atoms with Crippen molar-refractivity contribution in [3.63, 3.8) is 0 Å². The van der Waals surface area contributed by atoms with Crippen molar-refractivity contribution in [1.29, 1.82) is 0 Å². The fourth-order valence-corrected chi connectivity index (χ4v) is 4.64. The molecule has 2 aromatic heterocycles. The molecular formula is C28H23ClN4O3. The van der Waals surface area contributed by atoms with Gasteiger partial charge in [0.05, 0.1) is 23.8 Å². The van der Waals surface area contributed by atoms with Gasteiger partial charge in [0.25, 0.3) is 5.56 Å². The van der Waals surface area contributed by atoms with Crippen LogP contribution in [0.25, 0.3) is 32.9 Å². The van der Waals surface area contributed by atoms with Crippen molar-refractivity contribution in [3.8, 4) is 16.9 Å². The second kappa shape index (κ2) is 9.36. The fourth-order valence-electron chi connectivity index (χ4n) is 4.41. The summed E-state index contributed by atoms with van der Waals surface area (Å²) in [7, 11) is 3.20. The lowest BCUT2D eigenvalue weighted by molar-refractivity contribution is 0.262. The number of ether oxygens (including phenoxy) is 1. The summed E-state index contributed by atoms with van der Waals surface area (Å²) < 4.78 is 6.99. The Hall–Kier alpha value is -4.36. The summed E-state index contributed by atoms with van der Waals surface area (Å²) in [6.07, 6.45) is 1.68. The van der Waals surface area contributed by atoms with Crippen molar-refractivity contribution in [3.05, 3.63) is 93.9 Å². The molecule has 0 unspecified atom stereocenters. The van der Waals surface area contributed by atoms with Gasteiger partial charge in [-0.1, -0.05) is 41.4 Å². The van der Waals surface area contributed by atoms with Crippen LogP contribution >= 0.6 is 11.6 Å². The third kappa shape index (κ3) is 4.03. The number of nitrogens with zero attached hydrogens (tertiary/aromatic N) is 2. The number of carbonyl (C=O) groups excluding carboxylic acids is 1. The Morgan fingerprint density at radius 3 is 2.53 bits per heavy atom. The number of pyridine rings is 2. The van der Waals surface area contributed by atoms with E-state index in [0.29, 0.717) is 38.5 Å². The van der Waals surface area contributed by atoms with E-state index < -0.39 is 6.03 Å². The summed E-state index contributed by atoms with van der Waals surface area (Å²) in [6.45, 7) is 1.97. The van der Waals surface area contributed by atoms with Gasteiger partial charge in [-0.05, 0) is 49.4 Å². The maximum absolute atomic E-state index is 13.5. The van der Waals surface area contributed by atoms with Gasteiger partial charge >= 0.3 is 6.03 Å². The molecule has 0 aliphatic carbocycles. The standard InChI is InChI=1S/C28H23ClN4O3/c1-16-10-12-22-19(15-16)24(17-7-4-5-9-20(17)29)26(27(34)33(22)2)32-28(35)31-25-18-8-6-14-30-21(18)11-13-23(25)36-3/h4-15H,1-3H3,(H2,31,32,35). The lowest BCUT2D eigenvalue weighted by Gasteiger charge is -2.19. The van der Waals surface area contributed by atoms with Crippen LogP contribution in [0.15, 0.2) is 77.7 Å². The summed E-state index contributed by atoms with van der Waals surface area (Å²) in [4.78, 5) is 31.2. The molecule has 3 aromatic carbocycles. The van der Waals surface area contributed by atoms with Crippen molar-refractivity contribution in [1.82, 2.24) is 9.55 Å². The first-order valence-corrected chi connectivity index (χ1v) is 11.6. The number of urea groups is 1. The molecule has 5 rings (SSSR count). The number of rotatable bonds is 4. The van der Waals surface area contributed by atoms with Crippen molar-refractivity contribution in [2.45, 2.75) is 6.92 Å². The molecule has 2 N–H and O–H groups in total. The van der Waals surface area contributed by atoms with Gasteiger partial charge < -0.3 is 19.9 Å². The molecule has 2 heterocycles. The monoisotopic (exact) mass is 498 g/mol. The first-order valence-electron chi connectivity index (χ1n) is 11.3. The van der Waals surface area contributed by atoms with E-state index in [0.717, 1.165) is 16.5 Å². The van der Waals surface area contributed by atoms with Crippen LogP contribution in [0.3, 0.4) is 0 Å².